The number of hydrogen-bond acceptors (Lipinski definition) is 0. The molecule has 0 aromatic heterocycles. The van der Waals surface area contributed by atoms with Crippen molar-refractivity contribution in [3.63, 3.8) is 0 Å². The van der Waals surface area contributed by atoms with Crippen molar-refractivity contribution < 1.29 is 43.5 Å². The molecule has 9 heavy (non-hydrogen) atoms. The van der Waals surface area contributed by atoms with Gasteiger partial charge < -0.3 is 11.0 Å². The molecule has 0 fully saturated rings. The average molecular weight is 284 g/mol. The Morgan fingerprint density at radius 3 is 0.444 bits per heavy atom. The minimum absolute atomic E-state index is 0. The molecule has 0 aromatic carbocycles. The fourth-order valence-corrected chi connectivity index (χ4v) is 0. The number of halogens is 6. The maximum Gasteiger partial charge on any atom is 0 e. The third-order valence-electron chi connectivity index (χ3n) is 0. The summed E-state index contributed by atoms with van der Waals surface area (Å²) in [6, 6.07) is 0. The first-order valence-electron chi connectivity index (χ1n) is 0. The number of rotatable bonds is 0. The second-order valence-electron chi connectivity index (χ2n) is 0. The van der Waals surface area contributed by atoms with Crippen LogP contribution in [-0.4, -0.2) is 35.4 Å². The van der Waals surface area contributed by atoms with Crippen LogP contribution in [0.3, 0.4) is 0 Å². The van der Waals surface area contributed by atoms with Crippen molar-refractivity contribution in [3.8, 4) is 0 Å². The van der Waals surface area contributed by atoms with E-state index < -0.39 is 0 Å². The van der Waals surface area contributed by atoms with E-state index in [0.29, 0.717) is 0 Å². The van der Waals surface area contributed by atoms with E-state index in [1.165, 1.54) is 0 Å². The van der Waals surface area contributed by atoms with Crippen molar-refractivity contribution in [3.05, 3.63) is 0 Å². The summed E-state index contributed by atoms with van der Waals surface area (Å²) in [7, 11) is 0. The predicted molar refractivity (Wildman–Crippen MR) is 34.3 cm³/mol. The second-order valence-corrected chi connectivity index (χ2v) is 0. The summed E-state index contributed by atoms with van der Waals surface area (Å²) < 4.78 is 0. The first-order chi connectivity index (χ1) is 0. The van der Waals surface area contributed by atoms with Crippen molar-refractivity contribution in [2.75, 3.05) is 0 Å². The van der Waals surface area contributed by atoms with Gasteiger partial charge in [0, 0.05) is 28.7 Å². The normalized spacial score (nSPS) is 0. The predicted octanol–water partition coefficient (Wildman–Crippen LogP) is -0.377. The van der Waals surface area contributed by atoms with E-state index >= 15 is 0 Å². The molecule has 0 aliphatic carbocycles. The van der Waals surface area contributed by atoms with Crippen molar-refractivity contribution in [2.24, 2.45) is 0 Å². The Labute approximate surface area is 68.7 Å². The zero-order valence-electron chi connectivity index (χ0n) is 3.90. The van der Waals surface area contributed by atoms with Crippen molar-refractivity contribution in [1.29, 1.82) is 0 Å². The van der Waals surface area contributed by atoms with Gasteiger partial charge in [-0.3, -0.25) is 28.2 Å². The van der Waals surface area contributed by atoms with Gasteiger partial charge in [-0.05, 0) is 0 Å². The van der Waals surface area contributed by atoms with Gasteiger partial charge in [0.05, 0.1) is 0 Å². The van der Waals surface area contributed by atoms with E-state index in [0.717, 1.165) is 0 Å². The van der Waals surface area contributed by atoms with Crippen LogP contribution in [0.15, 0.2) is 0 Å². The van der Waals surface area contributed by atoms with Crippen molar-refractivity contribution >= 4 is 24.4 Å². The third-order valence-corrected chi connectivity index (χ3v) is 0. The summed E-state index contributed by atoms with van der Waals surface area (Å²) in [5.41, 5.74) is 0. The standard InChI is InChI=1S/6FH.2H2O.Sb.3H2/h6*1H;2*1H2;;3*1H. The Balaban J connectivity index is 0. The molecular weight excluding hydrogens is 268 g/mol. The van der Waals surface area contributed by atoms with Crippen LogP contribution < -0.4 is 0 Å². The summed E-state index contributed by atoms with van der Waals surface area (Å²) >= 11 is 0. The summed E-state index contributed by atoms with van der Waals surface area (Å²) in [6.45, 7) is 0. The van der Waals surface area contributed by atoms with Gasteiger partial charge in [0.25, 0.3) is 0 Å². The summed E-state index contributed by atoms with van der Waals surface area (Å²) in [4.78, 5) is 0. The van der Waals surface area contributed by atoms with Crippen LogP contribution in [0.25, 0.3) is 0 Å². The Hall–Kier alpha value is 0.318. The van der Waals surface area contributed by atoms with Crippen LogP contribution in [0.1, 0.15) is 4.28 Å². The fourth-order valence-electron chi connectivity index (χ4n) is 0. The van der Waals surface area contributed by atoms with E-state index in [1.807, 2.05) is 0 Å². The minimum Gasteiger partial charge on any atom is -0.412 e. The molecule has 0 aliphatic rings. The van der Waals surface area contributed by atoms with Crippen LogP contribution in [0, 0.1) is 0 Å². The summed E-state index contributed by atoms with van der Waals surface area (Å²) in [5.74, 6) is 0. The van der Waals surface area contributed by atoms with Crippen LogP contribution in [0.4, 0.5) is 28.2 Å². The molecule has 0 spiro atoms. The quantitative estimate of drug-likeness (QED) is 0.430. The maximum absolute atomic E-state index is 0. The summed E-state index contributed by atoms with van der Waals surface area (Å²) in [6.07, 6.45) is 0. The van der Waals surface area contributed by atoms with E-state index in [9.17, 15) is 0 Å². The van der Waals surface area contributed by atoms with Gasteiger partial charge in [0.15, 0.2) is 0 Å². The smallest absolute Gasteiger partial charge is 0 e. The van der Waals surface area contributed by atoms with E-state index in [4.69, 9.17) is 0 Å². The first-order valence-corrected chi connectivity index (χ1v) is 0. The molecule has 0 heterocycles. The minimum atomic E-state index is 0. The van der Waals surface area contributed by atoms with E-state index in [-0.39, 0.29) is 67.9 Å². The molecule has 0 saturated heterocycles. The van der Waals surface area contributed by atoms with Gasteiger partial charge in [-0.1, -0.05) is 0 Å². The second kappa shape index (κ2) is 4400. The van der Waals surface area contributed by atoms with Crippen molar-refractivity contribution in [1.82, 2.24) is 0 Å². The van der Waals surface area contributed by atoms with Gasteiger partial charge in [-0.15, -0.1) is 0 Å². The molecule has 0 rings (SSSR count). The van der Waals surface area contributed by atoms with Crippen molar-refractivity contribution in [2.45, 2.75) is 0 Å². The Morgan fingerprint density at radius 1 is 0.444 bits per heavy atom. The Bertz CT molecular complexity index is 20.8. The maximum atomic E-state index is 0. The Kier molecular flexibility index (Phi) is 3110000. The molecule has 0 bridgehead atoms. The molecule has 0 unspecified atom stereocenters. The first kappa shape index (κ1) is 6370. The molecule has 0 amide bonds. The zero-order chi connectivity index (χ0) is 0. The Morgan fingerprint density at radius 2 is 0.444 bits per heavy atom. The molecule has 0 aromatic rings. The van der Waals surface area contributed by atoms with E-state index in [2.05, 4.69) is 0 Å². The molecule has 3 radical (unpaired) electrons. The van der Waals surface area contributed by atoms with Gasteiger partial charge in [-0.2, -0.15) is 0 Å². The fraction of sp³-hybridized carbons (Fsp3) is 0. The van der Waals surface area contributed by atoms with E-state index in [1.54, 1.807) is 0 Å². The largest absolute Gasteiger partial charge is 0.412 e. The molecule has 0 atom stereocenters. The molecular formula is H16F6O2Sb. The molecule has 4 N–H and O–H groups in total. The molecule has 2 nitrogen and oxygen atoms in total. The third kappa shape index (κ3) is 3280. The SMILES string of the molecule is F.F.F.F.F.F.O.O.[HH].[HH].[HH].[Sb]. The molecule has 0 aliphatic heterocycles. The molecule has 75 valence electrons. The van der Waals surface area contributed by atoms with Crippen LogP contribution >= 0.6 is 0 Å². The monoisotopic (exact) mass is 283 g/mol. The topological polar surface area (TPSA) is 63.0 Å². The summed E-state index contributed by atoms with van der Waals surface area (Å²) in [5, 5.41) is 0. The average Bonchev–Trinajstić information content (AvgIpc) is 0. The van der Waals surface area contributed by atoms with Gasteiger partial charge >= 0.3 is 0 Å². The molecule has 9 heteroatoms. The molecule has 0 saturated carbocycles. The van der Waals surface area contributed by atoms with Gasteiger partial charge in [0.2, 0.25) is 0 Å². The zero-order valence-corrected chi connectivity index (χ0v) is 6.45. The van der Waals surface area contributed by atoms with Crippen LogP contribution in [-0.2, 0) is 0 Å². The van der Waals surface area contributed by atoms with Gasteiger partial charge in [0.1, 0.15) is 0 Å². The van der Waals surface area contributed by atoms with Gasteiger partial charge in [-0.25, -0.2) is 0 Å². The van der Waals surface area contributed by atoms with Crippen LogP contribution in [0.2, 0.25) is 0 Å². The number of hydrogen-bond donors (Lipinski definition) is 0. The van der Waals surface area contributed by atoms with Crippen LogP contribution in [0.5, 0.6) is 0 Å².